The van der Waals surface area contributed by atoms with Crippen molar-refractivity contribution in [2.75, 3.05) is 0 Å². The van der Waals surface area contributed by atoms with E-state index in [1.807, 2.05) is 12.1 Å². The van der Waals surface area contributed by atoms with Crippen LogP contribution in [0.2, 0.25) is 0 Å². The number of nitrogens with two attached hydrogens (primary N) is 3. The zero-order valence-corrected chi connectivity index (χ0v) is 8.77. The summed E-state index contributed by atoms with van der Waals surface area (Å²) in [5, 5.41) is 17.0. The van der Waals surface area contributed by atoms with Crippen molar-refractivity contribution in [2.24, 2.45) is 17.4 Å². The molecular formula is C7H8N6O2S. The quantitative estimate of drug-likeness (QED) is 0.295. The Morgan fingerprint density at radius 1 is 1.31 bits per heavy atom. The Labute approximate surface area is 95.5 Å². The van der Waals surface area contributed by atoms with Crippen molar-refractivity contribution in [2.45, 2.75) is 0 Å². The molecule has 0 aromatic carbocycles. The summed E-state index contributed by atoms with van der Waals surface area (Å²) < 4.78 is 4.69. The van der Waals surface area contributed by atoms with E-state index < -0.39 is 6.03 Å². The molecule has 1 heterocycles. The molecule has 2 amide bonds. The van der Waals surface area contributed by atoms with E-state index in [1.165, 1.54) is 12.5 Å². The molecule has 0 saturated carbocycles. The normalized spacial score (nSPS) is 12.5. The number of ether oxygens (including phenoxy) is 1. The molecule has 0 atom stereocenters. The van der Waals surface area contributed by atoms with E-state index in [-0.39, 0.29) is 0 Å². The molecule has 1 rings (SSSR count). The van der Waals surface area contributed by atoms with E-state index in [4.69, 9.17) is 10.5 Å². The maximum absolute atomic E-state index is 9.60. The molecule has 0 spiro atoms. The van der Waals surface area contributed by atoms with Crippen LogP contribution in [0.5, 0.6) is 0 Å². The van der Waals surface area contributed by atoms with Crippen LogP contribution in [0.25, 0.3) is 0 Å². The third kappa shape index (κ3) is 5.51. The third-order valence-electron chi connectivity index (χ3n) is 1.04. The van der Waals surface area contributed by atoms with Gasteiger partial charge in [-0.3, -0.25) is 0 Å². The van der Waals surface area contributed by atoms with Gasteiger partial charge in [0.05, 0.1) is 0 Å². The first-order valence-corrected chi connectivity index (χ1v) is 4.45. The predicted molar refractivity (Wildman–Crippen MR) is 55.9 cm³/mol. The maximum atomic E-state index is 9.60. The van der Waals surface area contributed by atoms with Crippen molar-refractivity contribution < 1.29 is 9.53 Å². The van der Waals surface area contributed by atoms with Gasteiger partial charge in [-0.2, -0.15) is 15.6 Å². The second-order valence-electron chi connectivity index (χ2n) is 2.17. The highest BCUT2D eigenvalue weighted by atomic mass is 32.2. The molecule has 0 fully saturated rings. The number of amides is 2. The summed E-state index contributed by atoms with van der Waals surface area (Å²) in [5.74, 6) is 9.14. The molecule has 0 aromatic rings. The van der Waals surface area contributed by atoms with Gasteiger partial charge in [0.15, 0.2) is 0 Å². The van der Waals surface area contributed by atoms with E-state index in [2.05, 4.69) is 22.2 Å². The molecule has 0 bridgehead atoms. The number of thioether (sulfide) groups is 1. The molecule has 0 radical (unpaired) electrons. The van der Waals surface area contributed by atoms with Crippen molar-refractivity contribution in [3.05, 3.63) is 22.3 Å². The second kappa shape index (κ2) is 7.14. The lowest BCUT2D eigenvalue weighted by atomic mass is 10.6. The summed E-state index contributed by atoms with van der Waals surface area (Å²) in [4.78, 5) is 10.4. The SMILES string of the molecule is N#CC1=COC=C(C#N)S1.NC(=O)N(N)N. The van der Waals surface area contributed by atoms with E-state index in [0.29, 0.717) is 14.9 Å². The summed E-state index contributed by atoms with van der Waals surface area (Å²) in [6.07, 6.45) is 2.62. The number of hydrogen-bond acceptors (Lipinski definition) is 7. The molecule has 0 aromatic heterocycles. The van der Waals surface area contributed by atoms with Crippen LogP contribution in [0.15, 0.2) is 22.3 Å². The number of nitriles is 2. The van der Waals surface area contributed by atoms with E-state index >= 15 is 0 Å². The number of hydrogen-bond donors (Lipinski definition) is 3. The average molecular weight is 240 g/mol. The molecule has 1 aliphatic heterocycles. The standard InChI is InChI=1S/C6H2N2OS.CH6N4O/c7-1-5-3-9-4-6(2-8)10-5;2-1(6)5(3)4/h3-4H;3-4H2,(H2,2,6). The fourth-order valence-electron chi connectivity index (χ4n) is 0.423. The van der Waals surface area contributed by atoms with Crippen molar-refractivity contribution in [3.8, 4) is 12.1 Å². The molecule has 0 saturated heterocycles. The molecule has 84 valence electrons. The Morgan fingerprint density at radius 3 is 1.94 bits per heavy atom. The van der Waals surface area contributed by atoms with Crippen molar-refractivity contribution >= 4 is 17.8 Å². The van der Waals surface area contributed by atoms with Crippen LogP contribution in [0.3, 0.4) is 0 Å². The second-order valence-corrected chi connectivity index (χ2v) is 3.26. The van der Waals surface area contributed by atoms with E-state index in [0.717, 1.165) is 11.8 Å². The smallest absolute Gasteiger partial charge is 0.343 e. The van der Waals surface area contributed by atoms with Crippen LogP contribution in [0.1, 0.15) is 0 Å². The van der Waals surface area contributed by atoms with Crippen LogP contribution >= 0.6 is 11.8 Å². The highest BCUT2D eigenvalue weighted by molar-refractivity contribution is 8.07. The lowest BCUT2D eigenvalue weighted by molar-refractivity contribution is 0.210. The Morgan fingerprint density at radius 2 is 1.69 bits per heavy atom. The molecule has 0 aliphatic carbocycles. The number of hydrazine groups is 2. The minimum Gasteiger partial charge on any atom is -0.469 e. The number of allylic oxidation sites excluding steroid dienone is 2. The highest BCUT2D eigenvalue weighted by Gasteiger charge is 2.06. The topological polar surface area (TPSA) is 155 Å². The number of carbonyl (C=O) groups excluding carboxylic acids is 1. The minimum absolute atomic E-state index is 0.306. The van der Waals surface area contributed by atoms with Gasteiger partial charge in [0.1, 0.15) is 34.5 Å². The third-order valence-corrected chi connectivity index (χ3v) is 1.86. The van der Waals surface area contributed by atoms with E-state index in [9.17, 15) is 4.79 Å². The van der Waals surface area contributed by atoms with Crippen molar-refractivity contribution in [3.63, 3.8) is 0 Å². The average Bonchev–Trinajstić information content (AvgIpc) is 2.29. The van der Waals surface area contributed by atoms with Gasteiger partial charge in [-0.25, -0.2) is 16.5 Å². The lowest BCUT2D eigenvalue weighted by Gasteiger charge is -2.01. The van der Waals surface area contributed by atoms with Gasteiger partial charge >= 0.3 is 6.03 Å². The minimum atomic E-state index is -0.852. The summed E-state index contributed by atoms with van der Waals surface area (Å²) in [7, 11) is 0. The first-order valence-electron chi connectivity index (χ1n) is 3.64. The van der Waals surface area contributed by atoms with Crippen LogP contribution in [0, 0.1) is 22.7 Å². The van der Waals surface area contributed by atoms with Crippen molar-refractivity contribution in [1.82, 2.24) is 5.12 Å². The molecule has 9 heteroatoms. The van der Waals surface area contributed by atoms with Gasteiger partial charge in [-0.15, -0.1) is 0 Å². The van der Waals surface area contributed by atoms with E-state index in [1.54, 1.807) is 0 Å². The molecule has 16 heavy (non-hydrogen) atoms. The fourth-order valence-corrected chi connectivity index (χ4v) is 0.958. The predicted octanol–water partition coefficient (Wildman–Crippen LogP) is -0.406. The van der Waals surface area contributed by atoms with Gasteiger partial charge in [0.2, 0.25) is 0 Å². The maximum Gasteiger partial charge on any atom is 0.343 e. The van der Waals surface area contributed by atoms with Crippen molar-refractivity contribution in [1.29, 1.82) is 10.5 Å². The molecule has 1 aliphatic rings. The van der Waals surface area contributed by atoms with Crippen LogP contribution in [0.4, 0.5) is 4.79 Å². The van der Waals surface area contributed by atoms with Crippen LogP contribution in [-0.2, 0) is 4.74 Å². The van der Waals surface area contributed by atoms with Crippen LogP contribution < -0.4 is 17.4 Å². The fraction of sp³-hybridized carbons (Fsp3) is 0. The highest BCUT2D eigenvalue weighted by Crippen LogP contribution is 2.27. The Balaban J connectivity index is 0.000000325. The van der Waals surface area contributed by atoms with Gasteiger partial charge in [-0.1, -0.05) is 11.8 Å². The summed E-state index contributed by atoms with van der Waals surface area (Å²) in [6.45, 7) is 0. The number of rotatable bonds is 0. The Kier molecular flexibility index (Phi) is 6.16. The molecule has 8 nitrogen and oxygen atoms in total. The number of carbonyl (C=O) groups is 1. The zero-order valence-electron chi connectivity index (χ0n) is 7.95. The Bertz CT molecular complexity index is 374. The van der Waals surface area contributed by atoms with Gasteiger partial charge in [0, 0.05) is 0 Å². The lowest BCUT2D eigenvalue weighted by Crippen LogP contribution is -2.46. The largest absolute Gasteiger partial charge is 0.469 e. The van der Waals surface area contributed by atoms with Crippen LogP contribution in [-0.4, -0.2) is 11.1 Å². The zero-order chi connectivity index (χ0) is 12.6. The first-order chi connectivity index (χ1) is 7.51. The number of primary amides is 1. The Hall–Kier alpha value is -2.20. The van der Waals surface area contributed by atoms with Gasteiger partial charge in [-0.05, 0) is 0 Å². The number of urea groups is 1. The van der Waals surface area contributed by atoms with Gasteiger partial charge in [0.25, 0.3) is 0 Å². The molecule has 0 unspecified atom stereocenters. The first kappa shape index (κ1) is 13.8. The number of nitrogens with zero attached hydrogens (tertiary/aromatic N) is 3. The summed E-state index contributed by atoms with van der Waals surface area (Å²) in [5.41, 5.74) is 4.47. The summed E-state index contributed by atoms with van der Waals surface area (Å²) >= 11 is 1.11. The molecular weight excluding hydrogens is 232 g/mol. The monoisotopic (exact) mass is 240 g/mol. The van der Waals surface area contributed by atoms with Gasteiger partial charge < -0.3 is 10.5 Å². The summed E-state index contributed by atoms with van der Waals surface area (Å²) in [6, 6.07) is 2.90. The molecule has 6 N–H and O–H groups in total.